The summed E-state index contributed by atoms with van der Waals surface area (Å²) in [6.45, 7) is 3.89. The maximum Gasteiger partial charge on any atom is 0.353 e. The van der Waals surface area contributed by atoms with Crippen molar-refractivity contribution in [3.63, 3.8) is 0 Å². The Morgan fingerprint density at radius 2 is 0.853 bits per heavy atom. The Labute approximate surface area is 566 Å². The lowest BCUT2D eigenvalue weighted by atomic mass is 9.53. The van der Waals surface area contributed by atoms with E-state index in [0.717, 1.165) is 108 Å². The van der Waals surface area contributed by atoms with Gasteiger partial charge in [0.1, 0.15) is 10.6 Å². The summed E-state index contributed by atoms with van der Waals surface area (Å²) in [7, 11) is 0. The van der Waals surface area contributed by atoms with Crippen LogP contribution in [0.5, 0.6) is 5.75 Å². The van der Waals surface area contributed by atoms with Crippen molar-refractivity contribution in [1.29, 1.82) is 0 Å². The number of esters is 1. The molecule has 4 aromatic heterocycles. The molecule has 496 valence electrons. The fraction of sp³-hybridized carbons (Fsp3) is 0.543. The van der Waals surface area contributed by atoms with Gasteiger partial charge in [0.25, 0.3) is 0 Å². The molecule has 0 radical (unpaired) electrons. The second-order valence-electron chi connectivity index (χ2n) is 32.9. The van der Waals surface area contributed by atoms with Crippen LogP contribution in [0.1, 0.15) is 186 Å². The highest BCUT2D eigenvalue weighted by molar-refractivity contribution is 7.12. The van der Waals surface area contributed by atoms with Gasteiger partial charge in [0.2, 0.25) is 12.2 Å². The second kappa shape index (κ2) is 26.4. The number of nitrogens with one attached hydrogen (secondary N) is 4. The number of aromatic nitrogens is 6. The summed E-state index contributed by atoms with van der Waals surface area (Å²) >= 11 is 1.40. The van der Waals surface area contributed by atoms with E-state index < -0.39 is 0 Å². The summed E-state index contributed by atoms with van der Waals surface area (Å²) in [5.41, 5.74) is 10.4. The van der Waals surface area contributed by atoms with Crippen LogP contribution in [0.25, 0.3) is 22.8 Å². The van der Waals surface area contributed by atoms with Gasteiger partial charge < -0.3 is 35.1 Å². The van der Waals surface area contributed by atoms with Gasteiger partial charge in [0, 0.05) is 84.4 Å². The fourth-order valence-electron chi connectivity index (χ4n) is 23.1. The van der Waals surface area contributed by atoms with E-state index in [2.05, 4.69) is 131 Å². The van der Waals surface area contributed by atoms with Crippen LogP contribution in [0.15, 0.2) is 163 Å². The summed E-state index contributed by atoms with van der Waals surface area (Å²) in [5.74, 6) is 12.9. The Bertz CT molecular complexity index is 3380. The number of carbonyl (C=O) groups excluding carboxylic acids is 1. The molecule has 4 heterocycles. The predicted molar refractivity (Wildman–Crippen MR) is 374 cm³/mol. The van der Waals surface area contributed by atoms with Crippen LogP contribution in [-0.2, 0) is 26.2 Å². The van der Waals surface area contributed by atoms with E-state index in [1.807, 2.05) is 65.4 Å². The van der Waals surface area contributed by atoms with E-state index in [1.54, 1.807) is 6.07 Å². The molecular weight excluding hydrogens is 1190 g/mol. The van der Waals surface area contributed by atoms with E-state index in [9.17, 15) is 4.79 Å². The van der Waals surface area contributed by atoms with Crippen LogP contribution in [-0.4, -0.2) is 57.6 Å². The maximum absolute atomic E-state index is 12.0. The van der Waals surface area contributed by atoms with Crippen LogP contribution in [0, 0.1) is 71.0 Å². The Kier molecular flexibility index (Phi) is 17.2. The molecule has 16 aliphatic carbocycles. The number of thiophene rings is 1. The van der Waals surface area contributed by atoms with Crippen molar-refractivity contribution in [2.24, 2.45) is 71.0 Å². The Balaban J connectivity index is 0.0000000962. The molecule has 16 aliphatic rings. The number of rotatable bonds is 17. The number of hydrogen-bond donors (Lipinski definition) is 4. The first-order chi connectivity index (χ1) is 46.5. The third kappa shape index (κ3) is 14.0. The van der Waals surface area contributed by atoms with Crippen LogP contribution < -0.4 is 26.0 Å². The lowest BCUT2D eigenvalue weighted by Crippen LogP contribution is -2.58. The van der Waals surface area contributed by atoms with Crippen molar-refractivity contribution < 1.29 is 14.1 Å². The highest BCUT2D eigenvalue weighted by Crippen LogP contribution is 2.59. The molecule has 0 unspecified atom stereocenters. The van der Waals surface area contributed by atoms with E-state index in [0.29, 0.717) is 38.6 Å². The van der Waals surface area contributed by atoms with Crippen LogP contribution in [0.3, 0.4) is 0 Å². The van der Waals surface area contributed by atoms with Gasteiger partial charge in [-0.1, -0.05) is 71.9 Å². The zero-order chi connectivity index (χ0) is 63.4. The van der Waals surface area contributed by atoms with Gasteiger partial charge >= 0.3 is 5.97 Å². The highest BCUT2D eigenvalue weighted by Gasteiger charge is 2.54. The summed E-state index contributed by atoms with van der Waals surface area (Å²) in [6, 6.07) is 39.8. The molecule has 0 atom stereocenters. The first kappa shape index (κ1) is 62.0. The highest BCUT2D eigenvalue weighted by atomic mass is 32.1. The molecule has 0 saturated heterocycles. The molecule has 0 amide bonds. The lowest BCUT2D eigenvalue weighted by molar-refractivity contribution is -0.0207. The molecule has 0 spiro atoms. The van der Waals surface area contributed by atoms with Crippen LogP contribution >= 0.6 is 11.3 Å². The molecule has 16 bridgehead atoms. The topological polar surface area (TPSA) is 149 Å². The van der Waals surface area contributed by atoms with Crippen molar-refractivity contribution in [2.75, 3.05) is 0 Å². The number of hydrogen-bond acceptors (Lipinski definition) is 12. The Morgan fingerprint density at radius 1 is 0.463 bits per heavy atom. The van der Waals surface area contributed by atoms with E-state index in [4.69, 9.17) is 9.26 Å². The molecule has 8 aromatic rings. The van der Waals surface area contributed by atoms with Gasteiger partial charge in [-0.3, -0.25) is 0 Å². The Hall–Kier alpha value is -6.55. The lowest BCUT2D eigenvalue weighted by Gasteiger charge is -2.57. The van der Waals surface area contributed by atoms with Gasteiger partial charge in [0.15, 0.2) is 0 Å². The molecular formula is C81H98N10O3S. The molecule has 16 fully saturated rings. The molecule has 24 rings (SSSR count). The largest absolute Gasteiger partial charge is 0.422 e. The van der Waals surface area contributed by atoms with E-state index in [1.165, 1.54) is 200 Å². The first-order valence-electron chi connectivity index (χ1n) is 36.9. The average molecular weight is 1290 g/mol. The standard InChI is InChI=1S/C22H25NO2S.2C20H25N3.C19H23N3O/c24-21(20-2-1-7-26-20)25-19-5-3-15(4-6-19)14-23-22-11-16-8-17(12-22)10-18(9-16)13-22;1-6-22-23(7-1)19-4-2-15(3-5-19)14-21-20-11-16-8-17(12-20)10-18(9-16)13-20;1-3-19(23-6-5-21-14-23)4-2-15(1)13-22-20-10-16-7-17(11-20)9-18(8-16)12-20;1-3-17(18-20-12-23-22-18)4-2-13(1)11-21-19-8-14-5-15(9-19)7-16(6-14)10-19/h1-7,16-18,23H,8-14H2;1-7,16-18,21H,8-14H2;1-6,14,16-18,22H,7-13H2;1-4,12,14-16,21H,5-11H2. The number of carbonyl (C=O) groups is 1. The minimum Gasteiger partial charge on any atom is -0.422 e. The third-order valence-corrected chi connectivity index (χ3v) is 26.5. The van der Waals surface area contributed by atoms with Gasteiger partial charge in [-0.05, 0) is 301 Å². The van der Waals surface area contributed by atoms with Gasteiger partial charge in [0.05, 0.1) is 12.0 Å². The molecule has 13 nitrogen and oxygen atoms in total. The smallest absolute Gasteiger partial charge is 0.353 e. The second-order valence-corrected chi connectivity index (χ2v) is 33.9. The number of ether oxygens (including phenoxy) is 1. The average Bonchev–Trinajstić information content (AvgIpc) is 1.45. The summed E-state index contributed by atoms with van der Waals surface area (Å²) in [5, 5.41) is 25.9. The number of nitrogens with zero attached hydrogens (tertiary/aromatic N) is 6. The number of benzene rings is 4. The quantitative estimate of drug-likeness (QED) is 0.0510. The van der Waals surface area contributed by atoms with Crippen molar-refractivity contribution in [1.82, 2.24) is 50.7 Å². The van der Waals surface area contributed by atoms with Crippen molar-refractivity contribution in [3.8, 4) is 28.5 Å². The Morgan fingerprint density at radius 3 is 1.19 bits per heavy atom. The predicted octanol–water partition coefficient (Wildman–Crippen LogP) is 16.7. The summed E-state index contributed by atoms with van der Waals surface area (Å²) in [6.07, 6.45) is 45.7. The fourth-order valence-corrected chi connectivity index (χ4v) is 23.7. The van der Waals surface area contributed by atoms with Crippen molar-refractivity contribution in [2.45, 2.75) is 202 Å². The van der Waals surface area contributed by atoms with Crippen LogP contribution in [0.2, 0.25) is 0 Å². The minimum absolute atomic E-state index is 0.278. The zero-order valence-electron chi connectivity index (χ0n) is 55.6. The summed E-state index contributed by atoms with van der Waals surface area (Å²) < 4.78 is 14.2. The van der Waals surface area contributed by atoms with Crippen LogP contribution in [0.4, 0.5) is 0 Å². The van der Waals surface area contributed by atoms with Crippen molar-refractivity contribution in [3.05, 3.63) is 185 Å². The molecule has 4 aromatic carbocycles. The zero-order valence-corrected chi connectivity index (χ0v) is 56.4. The minimum atomic E-state index is -0.278. The molecule has 16 saturated carbocycles. The number of imidazole rings is 1. The molecule has 0 aliphatic heterocycles. The van der Waals surface area contributed by atoms with Gasteiger partial charge in [-0.25, -0.2) is 14.5 Å². The SMILES string of the molecule is O=C(Oc1ccc(CNC23CC4CC(CC(C4)C2)C3)cc1)c1cccs1.c1cn(-c2ccc(CNC34CC5CC(CC(C5)C3)C4)cc2)cn1.c1cnn(-c2ccc(CNC34CC5CC(CC(C5)C3)C4)cc2)c1.c1nc(-c2ccc(CNC34CC5CC(CC(C5)C3)C4)cc2)no1. The first-order valence-corrected chi connectivity index (χ1v) is 37.8. The maximum atomic E-state index is 12.0. The molecule has 14 heteroatoms. The van der Waals surface area contributed by atoms with Gasteiger partial charge in [-0.15, -0.1) is 11.3 Å². The third-order valence-electron chi connectivity index (χ3n) is 25.7. The summed E-state index contributed by atoms with van der Waals surface area (Å²) in [4.78, 5) is 20.9. The monoisotopic (exact) mass is 1290 g/mol. The van der Waals surface area contributed by atoms with Gasteiger partial charge in [-0.2, -0.15) is 10.1 Å². The van der Waals surface area contributed by atoms with Crippen molar-refractivity contribution >= 4 is 17.3 Å². The normalized spacial score (nSPS) is 34.1. The van der Waals surface area contributed by atoms with E-state index >= 15 is 0 Å². The van der Waals surface area contributed by atoms with E-state index in [-0.39, 0.29) is 5.97 Å². The molecule has 95 heavy (non-hydrogen) atoms. The molecule has 4 N–H and O–H groups in total.